The molecule has 1 amide bonds. The fourth-order valence-corrected chi connectivity index (χ4v) is 2.85. The van der Waals surface area contributed by atoms with Crippen LogP contribution in [0.15, 0.2) is 22.7 Å². The van der Waals surface area contributed by atoms with Gasteiger partial charge in [0.1, 0.15) is 6.04 Å². The zero-order valence-corrected chi connectivity index (χ0v) is 13.4. The fraction of sp³-hybridized carbons (Fsp3) is 0.429. The van der Waals surface area contributed by atoms with Crippen molar-refractivity contribution in [1.82, 2.24) is 4.90 Å². The lowest BCUT2D eigenvalue weighted by Gasteiger charge is -2.33. The molecule has 1 fully saturated rings. The van der Waals surface area contributed by atoms with E-state index in [1.54, 1.807) is 23.1 Å². The second-order valence-corrected chi connectivity index (χ2v) is 5.92. The lowest BCUT2D eigenvalue weighted by atomic mass is 10.0. The Morgan fingerprint density at radius 2 is 2.15 bits per heavy atom. The summed E-state index contributed by atoms with van der Waals surface area (Å²) >= 11 is 9.23. The highest BCUT2D eigenvalue weighted by atomic mass is 79.9. The van der Waals surface area contributed by atoms with Crippen LogP contribution in [0.1, 0.15) is 29.6 Å². The summed E-state index contributed by atoms with van der Waals surface area (Å²) in [5, 5.41) is 0.546. The van der Waals surface area contributed by atoms with Gasteiger partial charge in [-0.3, -0.25) is 4.79 Å². The molecular formula is C14H15BrClNO3. The van der Waals surface area contributed by atoms with Crippen molar-refractivity contribution in [3.63, 3.8) is 0 Å². The molecule has 0 radical (unpaired) electrons. The number of rotatable bonds is 2. The van der Waals surface area contributed by atoms with Crippen LogP contribution in [0, 0.1) is 0 Å². The first-order chi connectivity index (χ1) is 9.54. The first-order valence-electron chi connectivity index (χ1n) is 6.38. The molecule has 0 aromatic heterocycles. The molecule has 20 heavy (non-hydrogen) atoms. The standard InChI is InChI=1S/C14H15BrClNO3/c1-20-14(19)12-4-2-3-7-17(12)13(18)9-5-6-11(16)10(15)8-9/h5-6,8,12H,2-4,7H2,1H3/t12-/m1/s1. The van der Waals surface area contributed by atoms with Crippen molar-refractivity contribution >= 4 is 39.4 Å². The maximum Gasteiger partial charge on any atom is 0.328 e. The third-order valence-electron chi connectivity index (χ3n) is 3.40. The number of piperidine rings is 1. The molecule has 0 aliphatic carbocycles. The van der Waals surface area contributed by atoms with E-state index < -0.39 is 6.04 Å². The van der Waals surface area contributed by atoms with Crippen LogP contribution in [0.2, 0.25) is 5.02 Å². The second-order valence-electron chi connectivity index (χ2n) is 4.66. The van der Waals surface area contributed by atoms with Gasteiger partial charge in [-0.2, -0.15) is 0 Å². The van der Waals surface area contributed by atoms with E-state index in [9.17, 15) is 9.59 Å². The van der Waals surface area contributed by atoms with E-state index in [1.165, 1.54) is 7.11 Å². The normalized spacial score (nSPS) is 18.8. The third kappa shape index (κ3) is 3.15. The maximum absolute atomic E-state index is 12.5. The highest BCUT2D eigenvalue weighted by Gasteiger charge is 2.33. The van der Waals surface area contributed by atoms with Gasteiger partial charge in [-0.25, -0.2) is 4.79 Å². The van der Waals surface area contributed by atoms with Gasteiger partial charge >= 0.3 is 5.97 Å². The van der Waals surface area contributed by atoms with Crippen LogP contribution in [0.25, 0.3) is 0 Å². The topological polar surface area (TPSA) is 46.6 Å². The van der Waals surface area contributed by atoms with Crippen LogP contribution in [0.3, 0.4) is 0 Å². The summed E-state index contributed by atoms with van der Waals surface area (Å²) < 4.78 is 5.45. The Balaban J connectivity index is 2.25. The number of hydrogen-bond donors (Lipinski definition) is 0. The quantitative estimate of drug-likeness (QED) is 0.761. The molecule has 1 aromatic carbocycles. The number of methoxy groups -OCH3 is 1. The Hall–Kier alpha value is -1.07. The molecule has 1 aliphatic rings. The van der Waals surface area contributed by atoms with Crippen LogP contribution in [-0.4, -0.2) is 36.5 Å². The average Bonchev–Trinajstić information content (AvgIpc) is 2.48. The van der Waals surface area contributed by atoms with Crippen LogP contribution >= 0.6 is 27.5 Å². The zero-order chi connectivity index (χ0) is 14.7. The molecular weight excluding hydrogens is 346 g/mol. The molecule has 0 unspecified atom stereocenters. The van der Waals surface area contributed by atoms with Crippen LogP contribution in [-0.2, 0) is 9.53 Å². The molecule has 1 aliphatic heterocycles. The number of carbonyl (C=O) groups excluding carboxylic acids is 2. The summed E-state index contributed by atoms with van der Waals surface area (Å²) in [7, 11) is 1.35. The number of likely N-dealkylation sites (tertiary alicyclic amines) is 1. The highest BCUT2D eigenvalue weighted by Crippen LogP contribution is 2.26. The van der Waals surface area contributed by atoms with E-state index in [1.807, 2.05) is 0 Å². The number of amides is 1. The Kier molecular flexibility index (Phi) is 5.05. The Morgan fingerprint density at radius 3 is 2.80 bits per heavy atom. The van der Waals surface area contributed by atoms with Crippen molar-refractivity contribution in [2.24, 2.45) is 0 Å². The van der Waals surface area contributed by atoms with Crippen molar-refractivity contribution < 1.29 is 14.3 Å². The Bertz CT molecular complexity index is 535. The summed E-state index contributed by atoms with van der Waals surface area (Å²) in [5.74, 6) is -0.524. The van der Waals surface area contributed by atoms with E-state index in [0.717, 1.165) is 12.8 Å². The minimum atomic E-state index is -0.490. The zero-order valence-electron chi connectivity index (χ0n) is 11.1. The van der Waals surface area contributed by atoms with E-state index in [0.29, 0.717) is 28.0 Å². The van der Waals surface area contributed by atoms with E-state index in [2.05, 4.69) is 15.9 Å². The highest BCUT2D eigenvalue weighted by molar-refractivity contribution is 9.10. The van der Waals surface area contributed by atoms with Crippen molar-refractivity contribution in [2.75, 3.05) is 13.7 Å². The summed E-state index contributed by atoms with van der Waals surface area (Å²) in [6.07, 6.45) is 2.47. The van der Waals surface area contributed by atoms with Gasteiger partial charge in [-0.1, -0.05) is 11.6 Å². The first-order valence-corrected chi connectivity index (χ1v) is 7.55. The Morgan fingerprint density at radius 1 is 1.40 bits per heavy atom. The van der Waals surface area contributed by atoms with Gasteiger partial charge in [0.2, 0.25) is 0 Å². The predicted octanol–water partition coefficient (Wildman–Crippen LogP) is 3.27. The predicted molar refractivity (Wildman–Crippen MR) is 79.8 cm³/mol. The number of nitrogens with zero attached hydrogens (tertiary/aromatic N) is 1. The molecule has 4 nitrogen and oxygen atoms in total. The molecule has 1 heterocycles. The van der Waals surface area contributed by atoms with Crippen molar-refractivity contribution in [1.29, 1.82) is 0 Å². The van der Waals surface area contributed by atoms with Gasteiger partial charge < -0.3 is 9.64 Å². The second kappa shape index (κ2) is 6.59. The molecule has 2 rings (SSSR count). The minimum absolute atomic E-state index is 0.169. The smallest absolute Gasteiger partial charge is 0.328 e. The summed E-state index contributed by atoms with van der Waals surface area (Å²) in [6.45, 7) is 0.568. The molecule has 0 spiro atoms. The van der Waals surface area contributed by atoms with E-state index >= 15 is 0 Å². The summed E-state index contributed by atoms with van der Waals surface area (Å²) in [6, 6.07) is 4.51. The van der Waals surface area contributed by atoms with Gasteiger partial charge in [0, 0.05) is 16.6 Å². The van der Waals surface area contributed by atoms with E-state index in [4.69, 9.17) is 16.3 Å². The van der Waals surface area contributed by atoms with Gasteiger partial charge in [0.15, 0.2) is 0 Å². The SMILES string of the molecule is COC(=O)[C@H]1CCCCN1C(=O)c1ccc(Cl)c(Br)c1. The van der Waals surface area contributed by atoms with Crippen molar-refractivity contribution in [3.05, 3.63) is 33.3 Å². The third-order valence-corrected chi connectivity index (χ3v) is 4.62. The molecule has 6 heteroatoms. The number of carbonyl (C=O) groups is 2. The van der Waals surface area contributed by atoms with Crippen LogP contribution in [0.4, 0.5) is 0 Å². The molecule has 0 N–H and O–H groups in total. The minimum Gasteiger partial charge on any atom is -0.467 e. The summed E-state index contributed by atoms with van der Waals surface area (Å²) in [4.78, 5) is 25.9. The Labute approximate surface area is 131 Å². The van der Waals surface area contributed by atoms with Gasteiger partial charge in [0.25, 0.3) is 5.91 Å². The van der Waals surface area contributed by atoms with Gasteiger partial charge in [-0.15, -0.1) is 0 Å². The summed E-state index contributed by atoms with van der Waals surface area (Å²) in [5.41, 5.74) is 0.511. The molecule has 0 bridgehead atoms. The number of benzene rings is 1. The number of esters is 1. The molecule has 0 saturated carbocycles. The molecule has 108 valence electrons. The average molecular weight is 361 g/mol. The fourth-order valence-electron chi connectivity index (χ4n) is 2.35. The monoisotopic (exact) mass is 359 g/mol. The maximum atomic E-state index is 12.5. The largest absolute Gasteiger partial charge is 0.467 e. The first kappa shape index (κ1) is 15.3. The number of ether oxygens (including phenoxy) is 1. The molecule has 1 aromatic rings. The lowest BCUT2D eigenvalue weighted by Crippen LogP contribution is -2.48. The van der Waals surface area contributed by atoms with E-state index in [-0.39, 0.29) is 11.9 Å². The van der Waals surface area contributed by atoms with Gasteiger partial charge in [-0.05, 0) is 53.4 Å². The van der Waals surface area contributed by atoms with Crippen molar-refractivity contribution in [3.8, 4) is 0 Å². The van der Waals surface area contributed by atoms with Crippen LogP contribution < -0.4 is 0 Å². The lowest BCUT2D eigenvalue weighted by molar-refractivity contribution is -0.147. The van der Waals surface area contributed by atoms with Crippen LogP contribution in [0.5, 0.6) is 0 Å². The van der Waals surface area contributed by atoms with Crippen molar-refractivity contribution in [2.45, 2.75) is 25.3 Å². The number of halogens is 2. The molecule has 1 saturated heterocycles. The van der Waals surface area contributed by atoms with Gasteiger partial charge in [0.05, 0.1) is 12.1 Å². The number of hydrogen-bond acceptors (Lipinski definition) is 3. The molecule has 1 atom stereocenters.